The molecule has 1 aliphatic heterocycles. The van der Waals surface area contributed by atoms with Gasteiger partial charge in [0.05, 0.1) is 11.8 Å². The van der Waals surface area contributed by atoms with Crippen LogP contribution >= 0.6 is 11.3 Å². The molecule has 7 heteroatoms. The number of benzene rings is 1. The van der Waals surface area contributed by atoms with Gasteiger partial charge in [0.25, 0.3) is 0 Å². The number of sulfonamides is 1. The van der Waals surface area contributed by atoms with Gasteiger partial charge in [-0.2, -0.15) is 0 Å². The van der Waals surface area contributed by atoms with Crippen LogP contribution in [0, 0.1) is 12.8 Å². The van der Waals surface area contributed by atoms with Gasteiger partial charge in [-0.1, -0.05) is 30.3 Å². The number of amides is 1. The van der Waals surface area contributed by atoms with E-state index in [-0.39, 0.29) is 23.6 Å². The SMILES string of the molecule is CCS(=O)(=O)N1CCC(C(=O)NC(Cc2ccccc2)c2sccc2C)CC1. The summed E-state index contributed by atoms with van der Waals surface area (Å²) >= 11 is 1.67. The predicted molar refractivity (Wildman–Crippen MR) is 114 cm³/mol. The molecule has 2 aromatic rings. The van der Waals surface area contributed by atoms with Crippen LogP contribution in [0.4, 0.5) is 0 Å². The fourth-order valence-corrected chi connectivity index (χ4v) is 5.78. The minimum atomic E-state index is -3.17. The molecule has 3 rings (SSSR count). The number of carbonyl (C=O) groups is 1. The van der Waals surface area contributed by atoms with Crippen molar-refractivity contribution < 1.29 is 13.2 Å². The molecule has 0 spiro atoms. The van der Waals surface area contributed by atoms with Gasteiger partial charge in [0.15, 0.2) is 0 Å². The zero-order valence-electron chi connectivity index (χ0n) is 16.4. The highest BCUT2D eigenvalue weighted by Crippen LogP contribution is 2.28. The number of carbonyl (C=O) groups excluding carboxylic acids is 1. The van der Waals surface area contributed by atoms with E-state index in [2.05, 4.69) is 35.8 Å². The van der Waals surface area contributed by atoms with Gasteiger partial charge >= 0.3 is 0 Å². The molecule has 5 nitrogen and oxygen atoms in total. The van der Waals surface area contributed by atoms with Gasteiger partial charge in [0.2, 0.25) is 15.9 Å². The first-order chi connectivity index (χ1) is 13.4. The average molecular weight is 421 g/mol. The van der Waals surface area contributed by atoms with Crippen LogP contribution in [-0.4, -0.2) is 37.5 Å². The third-order valence-electron chi connectivity index (χ3n) is 5.40. The van der Waals surface area contributed by atoms with Crippen LogP contribution in [0.3, 0.4) is 0 Å². The Balaban J connectivity index is 1.68. The Morgan fingerprint density at radius 3 is 2.46 bits per heavy atom. The normalized spacial score (nSPS) is 17.4. The molecule has 1 amide bonds. The summed E-state index contributed by atoms with van der Waals surface area (Å²) in [7, 11) is -3.17. The molecule has 1 aliphatic rings. The van der Waals surface area contributed by atoms with E-state index < -0.39 is 10.0 Å². The van der Waals surface area contributed by atoms with Crippen molar-refractivity contribution in [2.75, 3.05) is 18.8 Å². The Morgan fingerprint density at radius 2 is 1.89 bits per heavy atom. The van der Waals surface area contributed by atoms with Crippen molar-refractivity contribution in [3.05, 3.63) is 57.8 Å². The summed E-state index contributed by atoms with van der Waals surface area (Å²) in [5.41, 5.74) is 2.37. The summed E-state index contributed by atoms with van der Waals surface area (Å²) in [6.07, 6.45) is 1.90. The molecule has 0 aliphatic carbocycles. The van der Waals surface area contributed by atoms with Gasteiger partial charge in [0, 0.05) is 23.9 Å². The van der Waals surface area contributed by atoms with Crippen molar-refractivity contribution in [3.8, 4) is 0 Å². The summed E-state index contributed by atoms with van der Waals surface area (Å²) in [6.45, 7) is 4.58. The molecule has 1 saturated heterocycles. The molecular weight excluding hydrogens is 392 g/mol. The van der Waals surface area contributed by atoms with Crippen LogP contribution in [0.15, 0.2) is 41.8 Å². The first-order valence-electron chi connectivity index (χ1n) is 9.77. The number of hydrogen-bond donors (Lipinski definition) is 1. The molecule has 0 bridgehead atoms. The Bertz CT molecular complexity index is 885. The molecule has 1 unspecified atom stereocenters. The first-order valence-corrected chi connectivity index (χ1v) is 12.3. The molecule has 152 valence electrons. The van der Waals surface area contributed by atoms with Crippen LogP contribution in [-0.2, 0) is 21.2 Å². The summed E-state index contributed by atoms with van der Waals surface area (Å²) in [5.74, 6) is 0.00448. The standard InChI is InChI=1S/C21H28N2O3S2/c1-3-28(25,26)23-12-9-18(10-13-23)21(24)22-19(20-16(2)11-14-27-20)15-17-7-5-4-6-8-17/h4-8,11,14,18-19H,3,9-10,12-13,15H2,1-2H3,(H,22,24). The van der Waals surface area contributed by atoms with Crippen molar-refractivity contribution in [2.24, 2.45) is 5.92 Å². The number of nitrogens with zero attached hydrogens (tertiary/aromatic N) is 1. The molecule has 1 atom stereocenters. The number of hydrogen-bond acceptors (Lipinski definition) is 4. The Hall–Kier alpha value is -1.70. The third-order valence-corrected chi connectivity index (χ3v) is 8.41. The molecule has 0 saturated carbocycles. The van der Waals surface area contributed by atoms with Crippen LogP contribution in [0.5, 0.6) is 0 Å². The number of aryl methyl sites for hydroxylation is 1. The molecule has 2 heterocycles. The van der Waals surface area contributed by atoms with E-state index in [0.717, 1.165) is 6.42 Å². The minimum Gasteiger partial charge on any atom is -0.348 e. The van der Waals surface area contributed by atoms with Crippen LogP contribution in [0.25, 0.3) is 0 Å². The maximum atomic E-state index is 13.0. The summed E-state index contributed by atoms with van der Waals surface area (Å²) in [5, 5.41) is 5.31. The highest BCUT2D eigenvalue weighted by molar-refractivity contribution is 7.89. The molecule has 1 N–H and O–H groups in total. The van der Waals surface area contributed by atoms with Crippen LogP contribution in [0.2, 0.25) is 0 Å². The Kier molecular flexibility index (Phi) is 6.91. The average Bonchev–Trinajstić information content (AvgIpc) is 3.14. The number of nitrogens with one attached hydrogen (secondary N) is 1. The minimum absolute atomic E-state index is 0.0299. The lowest BCUT2D eigenvalue weighted by Gasteiger charge is -2.31. The van der Waals surface area contributed by atoms with E-state index >= 15 is 0 Å². The highest BCUT2D eigenvalue weighted by atomic mass is 32.2. The second-order valence-corrected chi connectivity index (χ2v) is 10.5. The monoisotopic (exact) mass is 420 g/mol. The smallest absolute Gasteiger partial charge is 0.223 e. The van der Waals surface area contributed by atoms with Gasteiger partial charge in [-0.25, -0.2) is 12.7 Å². The van der Waals surface area contributed by atoms with E-state index in [4.69, 9.17) is 0 Å². The van der Waals surface area contributed by atoms with Crippen molar-refractivity contribution >= 4 is 27.3 Å². The lowest BCUT2D eigenvalue weighted by Crippen LogP contribution is -2.44. The third kappa shape index (κ3) is 5.01. The lowest BCUT2D eigenvalue weighted by molar-refractivity contribution is -0.126. The van der Waals surface area contributed by atoms with Gasteiger partial charge in [-0.05, 0) is 55.7 Å². The number of thiophene rings is 1. The van der Waals surface area contributed by atoms with Crippen molar-refractivity contribution in [1.29, 1.82) is 0 Å². The molecular formula is C21H28N2O3S2. The fourth-order valence-electron chi connectivity index (χ4n) is 3.67. The van der Waals surface area contributed by atoms with Gasteiger partial charge in [-0.15, -0.1) is 11.3 Å². The maximum Gasteiger partial charge on any atom is 0.223 e. The molecule has 0 radical (unpaired) electrons. The lowest BCUT2D eigenvalue weighted by atomic mass is 9.95. The largest absolute Gasteiger partial charge is 0.348 e. The van der Waals surface area contributed by atoms with Crippen LogP contribution < -0.4 is 5.32 Å². The van der Waals surface area contributed by atoms with Crippen LogP contribution in [0.1, 0.15) is 41.8 Å². The zero-order chi connectivity index (χ0) is 20.1. The first kappa shape index (κ1) is 21.0. The van der Waals surface area contributed by atoms with Gasteiger partial charge in [-0.3, -0.25) is 4.79 Å². The van der Waals surface area contributed by atoms with Gasteiger partial charge < -0.3 is 5.32 Å². The van der Waals surface area contributed by atoms with Crippen molar-refractivity contribution in [1.82, 2.24) is 9.62 Å². The predicted octanol–water partition coefficient (Wildman–Crippen LogP) is 3.52. The van der Waals surface area contributed by atoms with Crippen molar-refractivity contribution in [3.63, 3.8) is 0 Å². The fraction of sp³-hybridized carbons (Fsp3) is 0.476. The maximum absolute atomic E-state index is 13.0. The van der Waals surface area contributed by atoms with E-state index in [1.807, 2.05) is 18.2 Å². The second-order valence-electron chi connectivity index (χ2n) is 7.29. The number of piperidine rings is 1. The van der Waals surface area contributed by atoms with Gasteiger partial charge in [0.1, 0.15) is 0 Å². The number of rotatable bonds is 7. The molecule has 1 aromatic heterocycles. The van der Waals surface area contributed by atoms with E-state index in [1.54, 1.807) is 18.3 Å². The highest BCUT2D eigenvalue weighted by Gasteiger charge is 2.31. The zero-order valence-corrected chi connectivity index (χ0v) is 18.1. The molecule has 1 aromatic carbocycles. The Labute approximate surface area is 171 Å². The topological polar surface area (TPSA) is 66.5 Å². The quantitative estimate of drug-likeness (QED) is 0.745. The molecule has 1 fully saturated rings. The summed E-state index contributed by atoms with van der Waals surface area (Å²) in [6, 6.07) is 12.2. The Morgan fingerprint density at radius 1 is 1.21 bits per heavy atom. The van der Waals surface area contributed by atoms with Crippen molar-refractivity contribution in [2.45, 2.75) is 39.2 Å². The van der Waals surface area contributed by atoms with E-state index in [9.17, 15) is 13.2 Å². The van der Waals surface area contributed by atoms with E-state index in [0.29, 0.717) is 25.9 Å². The van der Waals surface area contributed by atoms with E-state index in [1.165, 1.54) is 20.3 Å². The molecule has 28 heavy (non-hydrogen) atoms. The summed E-state index contributed by atoms with van der Waals surface area (Å²) < 4.78 is 25.6. The summed E-state index contributed by atoms with van der Waals surface area (Å²) in [4.78, 5) is 14.1. The second kappa shape index (κ2) is 9.20.